The van der Waals surface area contributed by atoms with Gasteiger partial charge in [0.15, 0.2) is 0 Å². The smallest absolute Gasteiger partial charge is 0.329 e. The number of halogens is 1. The van der Waals surface area contributed by atoms with E-state index in [4.69, 9.17) is 0 Å². The quantitative estimate of drug-likeness (QED) is 0.630. The molecular weight excluding hydrogens is 382 g/mol. The number of carbonyl (C=O) groups is 2. The van der Waals surface area contributed by atoms with Gasteiger partial charge in [0.2, 0.25) is 0 Å². The number of benzene rings is 2. The van der Waals surface area contributed by atoms with E-state index in [1.54, 1.807) is 6.08 Å². The zero-order valence-electron chi connectivity index (χ0n) is 14.0. The summed E-state index contributed by atoms with van der Waals surface area (Å²) in [6, 6.07) is 14.9. The lowest BCUT2D eigenvalue weighted by molar-refractivity contribution is -0.123. The second-order valence-electron chi connectivity index (χ2n) is 5.99. The SMILES string of the molecule is CN(C)c1ccc(/C=C2/NC(=O)N(Cc3ccc(Br)cc3)C2=O)cc1. The van der Waals surface area contributed by atoms with Gasteiger partial charge < -0.3 is 10.2 Å². The highest BCUT2D eigenvalue weighted by Crippen LogP contribution is 2.19. The molecule has 0 spiro atoms. The van der Waals surface area contributed by atoms with Crippen LogP contribution in [0.2, 0.25) is 0 Å². The van der Waals surface area contributed by atoms with Gasteiger partial charge in [0.05, 0.1) is 6.54 Å². The van der Waals surface area contributed by atoms with Crippen molar-refractivity contribution < 1.29 is 9.59 Å². The summed E-state index contributed by atoms with van der Waals surface area (Å²) in [5, 5.41) is 2.65. The van der Waals surface area contributed by atoms with E-state index in [-0.39, 0.29) is 12.5 Å². The number of nitrogens with zero attached hydrogens (tertiary/aromatic N) is 2. The maximum Gasteiger partial charge on any atom is 0.329 e. The van der Waals surface area contributed by atoms with Gasteiger partial charge in [-0.05, 0) is 41.5 Å². The minimum absolute atomic E-state index is 0.245. The first-order valence-electron chi connectivity index (χ1n) is 7.80. The molecule has 1 N–H and O–H groups in total. The lowest BCUT2D eigenvalue weighted by Crippen LogP contribution is -2.30. The summed E-state index contributed by atoms with van der Waals surface area (Å²) in [6.07, 6.45) is 1.70. The Morgan fingerprint density at radius 2 is 1.68 bits per heavy atom. The van der Waals surface area contributed by atoms with Crippen LogP contribution in [-0.2, 0) is 11.3 Å². The number of rotatable bonds is 4. The van der Waals surface area contributed by atoms with Crippen molar-refractivity contribution >= 4 is 39.6 Å². The number of nitrogens with one attached hydrogen (secondary N) is 1. The number of hydrogen-bond acceptors (Lipinski definition) is 3. The third-order valence-electron chi connectivity index (χ3n) is 3.94. The van der Waals surface area contributed by atoms with Crippen molar-refractivity contribution in [3.05, 3.63) is 69.8 Å². The molecular formula is C19H18BrN3O2. The van der Waals surface area contributed by atoms with Crippen LogP contribution in [0.3, 0.4) is 0 Å². The summed E-state index contributed by atoms with van der Waals surface area (Å²) in [7, 11) is 3.93. The van der Waals surface area contributed by atoms with Gasteiger partial charge in [0, 0.05) is 24.3 Å². The molecule has 0 atom stereocenters. The first kappa shape index (κ1) is 17.2. The van der Waals surface area contributed by atoms with E-state index in [2.05, 4.69) is 21.2 Å². The van der Waals surface area contributed by atoms with Crippen LogP contribution in [0.15, 0.2) is 58.7 Å². The molecule has 0 bridgehead atoms. The largest absolute Gasteiger partial charge is 0.378 e. The van der Waals surface area contributed by atoms with Gasteiger partial charge >= 0.3 is 6.03 Å². The molecule has 5 nitrogen and oxygen atoms in total. The minimum atomic E-state index is -0.399. The van der Waals surface area contributed by atoms with Gasteiger partial charge in [0.25, 0.3) is 5.91 Å². The van der Waals surface area contributed by atoms with Gasteiger partial charge in [-0.3, -0.25) is 9.69 Å². The number of amides is 3. The number of anilines is 1. The Morgan fingerprint density at radius 1 is 1.04 bits per heavy atom. The first-order chi connectivity index (χ1) is 11.9. The molecule has 0 aliphatic carbocycles. The van der Waals surface area contributed by atoms with Crippen molar-refractivity contribution in [1.29, 1.82) is 0 Å². The van der Waals surface area contributed by atoms with Crippen molar-refractivity contribution in [3.63, 3.8) is 0 Å². The highest BCUT2D eigenvalue weighted by atomic mass is 79.9. The van der Waals surface area contributed by atoms with Crippen LogP contribution in [0, 0.1) is 0 Å². The van der Waals surface area contributed by atoms with Crippen molar-refractivity contribution in [2.75, 3.05) is 19.0 Å². The second-order valence-corrected chi connectivity index (χ2v) is 6.91. The fraction of sp³-hybridized carbons (Fsp3) is 0.158. The lowest BCUT2D eigenvalue weighted by atomic mass is 10.1. The molecule has 0 unspecified atom stereocenters. The van der Waals surface area contributed by atoms with E-state index in [9.17, 15) is 9.59 Å². The molecule has 25 heavy (non-hydrogen) atoms. The molecule has 0 aromatic heterocycles. The zero-order valence-corrected chi connectivity index (χ0v) is 15.6. The standard InChI is InChI=1S/C19H18BrN3O2/c1-22(2)16-9-5-13(6-10-16)11-17-18(24)23(19(25)21-17)12-14-3-7-15(20)8-4-14/h3-11H,12H2,1-2H3,(H,21,25)/b17-11+. The number of imide groups is 1. The Balaban J connectivity index is 1.77. The lowest BCUT2D eigenvalue weighted by Gasteiger charge is -2.12. The third-order valence-corrected chi connectivity index (χ3v) is 4.47. The molecule has 2 aromatic carbocycles. The monoisotopic (exact) mass is 399 g/mol. The molecule has 2 aromatic rings. The molecule has 0 saturated carbocycles. The Hall–Kier alpha value is -2.60. The Morgan fingerprint density at radius 3 is 2.28 bits per heavy atom. The van der Waals surface area contributed by atoms with Gasteiger partial charge in [-0.2, -0.15) is 0 Å². The zero-order chi connectivity index (χ0) is 18.0. The molecule has 0 radical (unpaired) electrons. The maximum absolute atomic E-state index is 12.5. The molecule has 1 aliphatic heterocycles. The van der Waals surface area contributed by atoms with Crippen LogP contribution in [0.5, 0.6) is 0 Å². The summed E-state index contributed by atoms with van der Waals surface area (Å²) >= 11 is 3.37. The van der Waals surface area contributed by atoms with Crippen molar-refractivity contribution in [2.45, 2.75) is 6.54 Å². The average molecular weight is 400 g/mol. The number of carbonyl (C=O) groups excluding carboxylic acids is 2. The summed E-state index contributed by atoms with van der Waals surface area (Å²) < 4.78 is 0.954. The average Bonchev–Trinajstić information content (AvgIpc) is 2.85. The van der Waals surface area contributed by atoms with Gasteiger partial charge in [0.1, 0.15) is 5.70 Å². The van der Waals surface area contributed by atoms with E-state index >= 15 is 0 Å². The highest BCUT2D eigenvalue weighted by Gasteiger charge is 2.33. The Kier molecular flexibility index (Phi) is 4.90. The van der Waals surface area contributed by atoms with Crippen molar-refractivity contribution in [3.8, 4) is 0 Å². The van der Waals surface area contributed by atoms with E-state index in [1.165, 1.54) is 4.90 Å². The van der Waals surface area contributed by atoms with Crippen molar-refractivity contribution in [1.82, 2.24) is 10.2 Å². The van der Waals surface area contributed by atoms with Gasteiger partial charge in [-0.25, -0.2) is 4.79 Å². The van der Waals surface area contributed by atoms with E-state index < -0.39 is 6.03 Å². The Labute approximate surface area is 155 Å². The maximum atomic E-state index is 12.5. The molecule has 6 heteroatoms. The van der Waals surface area contributed by atoms with Gasteiger partial charge in [-0.15, -0.1) is 0 Å². The summed E-state index contributed by atoms with van der Waals surface area (Å²) in [5.74, 6) is -0.315. The molecule has 1 aliphatic rings. The fourth-order valence-electron chi connectivity index (χ4n) is 2.52. The molecule has 1 heterocycles. The molecule has 3 amide bonds. The van der Waals surface area contributed by atoms with E-state index in [1.807, 2.05) is 67.5 Å². The summed E-state index contributed by atoms with van der Waals surface area (Å²) in [6.45, 7) is 0.245. The van der Waals surface area contributed by atoms with Crippen LogP contribution in [0.1, 0.15) is 11.1 Å². The predicted molar refractivity (Wildman–Crippen MR) is 102 cm³/mol. The van der Waals surface area contributed by atoms with Crippen LogP contribution in [-0.4, -0.2) is 30.9 Å². The van der Waals surface area contributed by atoms with Crippen LogP contribution >= 0.6 is 15.9 Å². The number of urea groups is 1. The second kappa shape index (κ2) is 7.11. The summed E-state index contributed by atoms with van der Waals surface area (Å²) in [4.78, 5) is 27.9. The first-order valence-corrected chi connectivity index (χ1v) is 8.60. The molecule has 128 valence electrons. The molecule has 3 rings (SSSR count). The van der Waals surface area contributed by atoms with Crippen LogP contribution in [0.25, 0.3) is 6.08 Å². The van der Waals surface area contributed by atoms with Crippen molar-refractivity contribution in [2.24, 2.45) is 0 Å². The third kappa shape index (κ3) is 3.91. The fourth-order valence-corrected chi connectivity index (χ4v) is 2.79. The molecule has 1 fully saturated rings. The van der Waals surface area contributed by atoms with Crippen LogP contribution in [0.4, 0.5) is 10.5 Å². The predicted octanol–water partition coefficient (Wildman–Crippen LogP) is 3.61. The van der Waals surface area contributed by atoms with E-state index in [0.29, 0.717) is 5.70 Å². The summed E-state index contributed by atoms with van der Waals surface area (Å²) in [5.41, 5.74) is 3.11. The highest BCUT2D eigenvalue weighted by molar-refractivity contribution is 9.10. The normalized spacial score (nSPS) is 15.6. The van der Waals surface area contributed by atoms with E-state index in [0.717, 1.165) is 21.3 Å². The minimum Gasteiger partial charge on any atom is -0.378 e. The van der Waals surface area contributed by atoms with Crippen LogP contribution < -0.4 is 10.2 Å². The number of hydrogen-bond donors (Lipinski definition) is 1. The molecule has 1 saturated heterocycles. The topological polar surface area (TPSA) is 52.7 Å². The van der Waals surface area contributed by atoms with Gasteiger partial charge in [-0.1, -0.05) is 40.2 Å². The Bertz CT molecular complexity index is 827.